The molecule has 0 aromatic carbocycles. The average molecular weight is 213 g/mol. The highest BCUT2D eigenvalue weighted by atomic mass is 15.0. The molecule has 1 nitrogen and oxygen atoms in total. The molecule has 84 valence electrons. The molecule has 1 aliphatic rings. The Labute approximate surface area is 97.8 Å². The minimum absolute atomic E-state index is 0.896. The summed E-state index contributed by atoms with van der Waals surface area (Å²) < 4.78 is 2.37. The zero-order valence-corrected chi connectivity index (χ0v) is 10.4. The van der Waals surface area contributed by atoms with Gasteiger partial charge in [-0.2, -0.15) is 0 Å². The van der Waals surface area contributed by atoms with Gasteiger partial charge in [0.25, 0.3) is 0 Å². The second kappa shape index (κ2) is 4.17. The van der Waals surface area contributed by atoms with Gasteiger partial charge in [0, 0.05) is 17.9 Å². The van der Waals surface area contributed by atoms with Gasteiger partial charge in [0.2, 0.25) is 0 Å². The van der Waals surface area contributed by atoms with Crippen molar-refractivity contribution >= 4 is 5.57 Å². The van der Waals surface area contributed by atoms with E-state index in [0.29, 0.717) is 0 Å². The van der Waals surface area contributed by atoms with Crippen LogP contribution in [-0.2, 0) is 6.54 Å². The summed E-state index contributed by atoms with van der Waals surface area (Å²) in [5.41, 5.74) is 7.00. The van der Waals surface area contributed by atoms with E-state index in [0.717, 1.165) is 13.0 Å². The fraction of sp³-hybridized carbons (Fsp3) is 0.333. The van der Waals surface area contributed by atoms with Gasteiger partial charge in [-0.05, 0) is 43.9 Å². The molecule has 0 fully saturated rings. The summed E-state index contributed by atoms with van der Waals surface area (Å²) in [7, 11) is 0. The van der Waals surface area contributed by atoms with E-state index in [4.69, 9.17) is 0 Å². The number of nitrogens with zero attached hydrogens (tertiary/aromatic N) is 1. The van der Waals surface area contributed by atoms with Gasteiger partial charge in [-0.25, -0.2) is 0 Å². The molecule has 0 saturated heterocycles. The maximum atomic E-state index is 3.85. The van der Waals surface area contributed by atoms with E-state index < -0.39 is 0 Å². The Morgan fingerprint density at radius 1 is 1.31 bits per heavy atom. The van der Waals surface area contributed by atoms with Gasteiger partial charge in [-0.1, -0.05) is 24.3 Å². The number of allylic oxidation sites excluding steroid dienone is 5. The Balaban J connectivity index is 2.57. The van der Waals surface area contributed by atoms with Crippen LogP contribution in [0.4, 0.5) is 0 Å². The maximum Gasteiger partial charge on any atom is 0.0479 e. The molecule has 0 N–H and O–H groups in total. The van der Waals surface area contributed by atoms with E-state index in [2.05, 4.69) is 50.1 Å². The van der Waals surface area contributed by atoms with Gasteiger partial charge in [0.15, 0.2) is 0 Å². The first-order chi connectivity index (χ1) is 7.66. The maximum absolute atomic E-state index is 3.85. The molecule has 0 aliphatic heterocycles. The van der Waals surface area contributed by atoms with Crippen molar-refractivity contribution in [3.63, 3.8) is 0 Å². The van der Waals surface area contributed by atoms with Crippen LogP contribution in [0.15, 0.2) is 30.9 Å². The van der Waals surface area contributed by atoms with Gasteiger partial charge in [0.05, 0.1) is 0 Å². The van der Waals surface area contributed by atoms with E-state index in [9.17, 15) is 0 Å². The first kappa shape index (κ1) is 11.0. The molecule has 2 rings (SSSR count). The van der Waals surface area contributed by atoms with E-state index in [-0.39, 0.29) is 0 Å². The summed E-state index contributed by atoms with van der Waals surface area (Å²) in [5, 5.41) is 0. The summed E-state index contributed by atoms with van der Waals surface area (Å²) >= 11 is 0. The van der Waals surface area contributed by atoms with Crippen LogP contribution >= 0.6 is 0 Å². The normalized spacial score (nSPS) is 14.3. The Bertz CT molecular complexity index is 484. The Morgan fingerprint density at radius 3 is 2.62 bits per heavy atom. The molecule has 1 heterocycles. The smallest absolute Gasteiger partial charge is 0.0479 e. The highest BCUT2D eigenvalue weighted by Gasteiger charge is 2.17. The largest absolute Gasteiger partial charge is 0.341 e. The SMILES string of the molecule is C=CCn1c(C)c(C)c(C)c1C1=CC=CC1. The molecular weight excluding hydrogens is 194 g/mol. The third-order valence-corrected chi connectivity index (χ3v) is 3.52. The monoisotopic (exact) mass is 213 g/mol. The van der Waals surface area contributed by atoms with Crippen LogP contribution in [0.5, 0.6) is 0 Å². The minimum atomic E-state index is 0.896. The molecule has 0 amide bonds. The first-order valence-electron chi connectivity index (χ1n) is 5.80. The zero-order chi connectivity index (χ0) is 11.7. The van der Waals surface area contributed by atoms with E-state index >= 15 is 0 Å². The van der Waals surface area contributed by atoms with Crippen LogP contribution in [0.1, 0.15) is 28.9 Å². The molecule has 0 atom stereocenters. The predicted molar refractivity (Wildman–Crippen MR) is 70.6 cm³/mol. The van der Waals surface area contributed by atoms with Crippen LogP contribution in [0.3, 0.4) is 0 Å². The van der Waals surface area contributed by atoms with Crippen LogP contribution < -0.4 is 0 Å². The lowest BCUT2D eigenvalue weighted by molar-refractivity contribution is 0.780. The average Bonchev–Trinajstić information content (AvgIpc) is 2.85. The fourth-order valence-corrected chi connectivity index (χ4v) is 2.42. The Morgan fingerprint density at radius 2 is 2.06 bits per heavy atom. The molecule has 1 heteroatoms. The van der Waals surface area contributed by atoms with Crippen molar-refractivity contribution in [2.45, 2.75) is 33.7 Å². The third-order valence-electron chi connectivity index (χ3n) is 3.52. The summed E-state index contributed by atoms with van der Waals surface area (Å²) in [6, 6.07) is 0. The van der Waals surface area contributed by atoms with Crippen molar-refractivity contribution in [1.29, 1.82) is 0 Å². The number of hydrogen-bond donors (Lipinski definition) is 0. The van der Waals surface area contributed by atoms with Crippen molar-refractivity contribution in [3.05, 3.63) is 53.4 Å². The van der Waals surface area contributed by atoms with Gasteiger partial charge in [-0.15, -0.1) is 6.58 Å². The highest BCUT2D eigenvalue weighted by Crippen LogP contribution is 2.31. The molecule has 0 radical (unpaired) electrons. The molecular formula is C15H19N. The lowest BCUT2D eigenvalue weighted by atomic mass is 10.1. The van der Waals surface area contributed by atoms with Crippen molar-refractivity contribution in [1.82, 2.24) is 4.57 Å². The van der Waals surface area contributed by atoms with Crippen LogP contribution in [0.25, 0.3) is 5.57 Å². The zero-order valence-electron chi connectivity index (χ0n) is 10.4. The topological polar surface area (TPSA) is 4.93 Å². The number of hydrogen-bond acceptors (Lipinski definition) is 0. The summed E-state index contributed by atoms with van der Waals surface area (Å²) in [6.07, 6.45) is 9.61. The summed E-state index contributed by atoms with van der Waals surface area (Å²) in [6.45, 7) is 11.4. The van der Waals surface area contributed by atoms with Crippen molar-refractivity contribution in [2.75, 3.05) is 0 Å². The predicted octanol–water partition coefficient (Wildman–Crippen LogP) is 3.94. The van der Waals surface area contributed by atoms with Gasteiger partial charge in [0.1, 0.15) is 0 Å². The number of aromatic nitrogens is 1. The van der Waals surface area contributed by atoms with Gasteiger partial charge < -0.3 is 4.57 Å². The second-order valence-corrected chi connectivity index (χ2v) is 4.41. The van der Waals surface area contributed by atoms with E-state index in [1.165, 1.54) is 28.1 Å². The van der Waals surface area contributed by atoms with E-state index in [1.54, 1.807) is 0 Å². The molecule has 1 aromatic heterocycles. The molecule has 0 unspecified atom stereocenters. The van der Waals surface area contributed by atoms with Crippen molar-refractivity contribution in [2.24, 2.45) is 0 Å². The van der Waals surface area contributed by atoms with Crippen LogP contribution in [-0.4, -0.2) is 4.57 Å². The third kappa shape index (κ3) is 1.57. The summed E-state index contributed by atoms with van der Waals surface area (Å²) in [5.74, 6) is 0. The second-order valence-electron chi connectivity index (χ2n) is 4.41. The number of rotatable bonds is 3. The summed E-state index contributed by atoms with van der Waals surface area (Å²) in [4.78, 5) is 0. The Hall–Kier alpha value is -1.50. The van der Waals surface area contributed by atoms with Crippen LogP contribution in [0.2, 0.25) is 0 Å². The van der Waals surface area contributed by atoms with Crippen LogP contribution in [0, 0.1) is 20.8 Å². The standard InChI is InChI=1S/C15H19N/c1-5-10-16-13(4)11(2)12(3)15(16)14-8-6-7-9-14/h5-8H,1,9-10H2,2-4H3. The molecule has 0 saturated carbocycles. The molecule has 0 bridgehead atoms. The van der Waals surface area contributed by atoms with Crippen molar-refractivity contribution < 1.29 is 0 Å². The molecule has 1 aliphatic carbocycles. The quantitative estimate of drug-likeness (QED) is 0.670. The molecule has 0 spiro atoms. The van der Waals surface area contributed by atoms with E-state index in [1.807, 2.05) is 6.08 Å². The lowest BCUT2D eigenvalue weighted by Gasteiger charge is -2.11. The van der Waals surface area contributed by atoms with Crippen molar-refractivity contribution in [3.8, 4) is 0 Å². The minimum Gasteiger partial charge on any atom is -0.341 e. The highest BCUT2D eigenvalue weighted by molar-refractivity contribution is 5.72. The first-order valence-corrected chi connectivity index (χ1v) is 5.80. The molecule has 16 heavy (non-hydrogen) atoms. The van der Waals surface area contributed by atoms with Gasteiger partial charge in [-0.3, -0.25) is 0 Å². The van der Waals surface area contributed by atoms with Gasteiger partial charge >= 0.3 is 0 Å². The Kier molecular flexibility index (Phi) is 2.86. The fourth-order valence-electron chi connectivity index (χ4n) is 2.42. The molecule has 1 aromatic rings. The lowest BCUT2D eigenvalue weighted by Crippen LogP contribution is -2.03.